The van der Waals surface area contributed by atoms with Gasteiger partial charge in [-0.1, -0.05) is 6.08 Å². The van der Waals surface area contributed by atoms with Crippen molar-refractivity contribution in [2.24, 2.45) is 0 Å². The van der Waals surface area contributed by atoms with Crippen LogP contribution in [0.5, 0.6) is 0 Å². The summed E-state index contributed by atoms with van der Waals surface area (Å²) in [6.07, 6.45) is 1.78. The Morgan fingerprint density at radius 3 is 2.58 bits per heavy atom. The molecular formula is C14H17N5. The molecule has 19 heavy (non-hydrogen) atoms. The van der Waals surface area contributed by atoms with Crippen molar-refractivity contribution in [2.75, 3.05) is 22.9 Å². The van der Waals surface area contributed by atoms with Gasteiger partial charge in [0.2, 0.25) is 0 Å². The first-order valence-corrected chi connectivity index (χ1v) is 6.00. The van der Waals surface area contributed by atoms with Crippen molar-refractivity contribution >= 4 is 23.0 Å². The minimum Gasteiger partial charge on any atom is -0.399 e. The second-order valence-corrected chi connectivity index (χ2v) is 4.10. The molecule has 0 saturated heterocycles. The molecule has 0 fully saturated rings. The maximum atomic E-state index is 5.65. The Bertz CT molecular complexity index is 563. The highest BCUT2D eigenvalue weighted by Crippen LogP contribution is 2.18. The van der Waals surface area contributed by atoms with E-state index in [0.29, 0.717) is 12.4 Å². The molecule has 1 aromatic carbocycles. The van der Waals surface area contributed by atoms with Gasteiger partial charge in [-0.3, -0.25) is 0 Å². The zero-order valence-corrected chi connectivity index (χ0v) is 10.9. The fourth-order valence-electron chi connectivity index (χ4n) is 1.61. The van der Waals surface area contributed by atoms with Crippen LogP contribution in [0.4, 0.5) is 23.0 Å². The van der Waals surface area contributed by atoms with E-state index in [-0.39, 0.29) is 0 Å². The van der Waals surface area contributed by atoms with Gasteiger partial charge in [0.05, 0.1) is 0 Å². The molecule has 0 radical (unpaired) electrons. The SMILES string of the molecule is C=CCNc1cc(Nc2ccc(N)cc2)nc(C)n1. The number of nitrogens with one attached hydrogen (secondary N) is 2. The van der Waals surface area contributed by atoms with Crippen molar-refractivity contribution in [3.05, 3.63) is 48.8 Å². The van der Waals surface area contributed by atoms with Crippen molar-refractivity contribution in [3.8, 4) is 0 Å². The average molecular weight is 255 g/mol. The maximum absolute atomic E-state index is 5.65. The Balaban J connectivity index is 2.17. The minimum atomic E-state index is 0.664. The largest absolute Gasteiger partial charge is 0.399 e. The van der Waals surface area contributed by atoms with E-state index in [1.807, 2.05) is 37.3 Å². The Labute approximate surface area is 112 Å². The van der Waals surface area contributed by atoms with E-state index in [2.05, 4.69) is 27.2 Å². The molecule has 0 atom stereocenters. The first-order valence-electron chi connectivity index (χ1n) is 6.00. The van der Waals surface area contributed by atoms with Crippen LogP contribution in [-0.4, -0.2) is 16.5 Å². The molecule has 0 aliphatic rings. The Morgan fingerprint density at radius 1 is 1.21 bits per heavy atom. The molecule has 1 heterocycles. The van der Waals surface area contributed by atoms with Crippen LogP contribution < -0.4 is 16.4 Å². The van der Waals surface area contributed by atoms with Crippen LogP contribution in [-0.2, 0) is 0 Å². The van der Waals surface area contributed by atoms with E-state index in [4.69, 9.17) is 5.73 Å². The molecule has 0 amide bonds. The van der Waals surface area contributed by atoms with Crippen LogP contribution >= 0.6 is 0 Å². The van der Waals surface area contributed by atoms with E-state index >= 15 is 0 Å². The third-order valence-electron chi connectivity index (χ3n) is 2.45. The molecule has 2 aromatic rings. The first kappa shape index (κ1) is 12.9. The molecule has 0 aliphatic carbocycles. The third-order valence-corrected chi connectivity index (χ3v) is 2.45. The van der Waals surface area contributed by atoms with Gasteiger partial charge in [-0.25, -0.2) is 9.97 Å². The molecule has 98 valence electrons. The number of benzene rings is 1. The summed E-state index contributed by atoms with van der Waals surface area (Å²) in [6.45, 7) is 6.18. The van der Waals surface area contributed by atoms with Gasteiger partial charge in [0.25, 0.3) is 0 Å². The normalized spacial score (nSPS) is 9.95. The lowest BCUT2D eigenvalue weighted by Gasteiger charge is -2.09. The van der Waals surface area contributed by atoms with Gasteiger partial charge in [-0.2, -0.15) is 0 Å². The average Bonchev–Trinajstić information content (AvgIpc) is 2.38. The molecule has 0 unspecified atom stereocenters. The molecule has 0 bridgehead atoms. The van der Waals surface area contributed by atoms with Gasteiger partial charge in [0, 0.05) is 24.0 Å². The third kappa shape index (κ3) is 3.70. The van der Waals surface area contributed by atoms with E-state index in [9.17, 15) is 0 Å². The minimum absolute atomic E-state index is 0.664. The van der Waals surface area contributed by atoms with Crippen LogP contribution in [0.1, 0.15) is 5.82 Å². The highest BCUT2D eigenvalue weighted by molar-refractivity contribution is 5.61. The van der Waals surface area contributed by atoms with E-state index in [1.165, 1.54) is 0 Å². The van der Waals surface area contributed by atoms with E-state index < -0.39 is 0 Å². The smallest absolute Gasteiger partial charge is 0.136 e. The quantitative estimate of drug-likeness (QED) is 0.565. The second-order valence-electron chi connectivity index (χ2n) is 4.10. The molecule has 1 aromatic heterocycles. The standard InChI is InChI=1S/C14H17N5/c1-3-8-16-13-9-14(18-10(2)17-13)19-12-6-4-11(15)5-7-12/h3-7,9H,1,8,15H2,2H3,(H2,16,17,18,19). The number of rotatable bonds is 5. The highest BCUT2D eigenvalue weighted by Gasteiger charge is 2.01. The molecule has 5 nitrogen and oxygen atoms in total. The predicted molar refractivity (Wildman–Crippen MR) is 79.6 cm³/mol. The maximum Gasteiger partial charge on any atom is 0.136 e. The van der Waals surface area contributed by atoms with Gasteiger partial charge in [-0.15, -0.1) is 6.58 Å². The summed E-state index contributed by atoms with van der Waals surface area (Å²) in [5.41, 5.74) is 7.32. The summed E-state index contributed by atoms with van der Waals surface area (Å²) in [4.78, 5) is 8.64. The van der Waals surface area contributed by atoms with Gasteiger partial charge < -0.3 is 16.4 Å². The van der Waals surface area contributed by atoms with Gasteiger partial charge in [0.15, 0.2) is 0 Å². The lowest BCUT2D eigenvalue weighted by Crippen LogP contribution is -2.04. The van der Waals surface area contributed by atoms with Crippen LogP contribution in [0, 0.1) is 6.92 Å². The summed E-state index contributed by atoms with van der Waals surface area (Å²) >= 11 is 0. The van der Waals surface area contributed by atoms with Crippen molar-refractivity contribution in [3.63, 3.8) is 0 Å². The van der Waals surface area contributed by atoms with Crippen LogP contribution in [0.25, 0.3) is 0 Å². The number of aryl methyl sites for hydroxylation is 1. The number of hydrogen-bond donors (Lipinski definition) is 3. The highest BCUT2D eigenvalue weighted by atomic mass is 15.1. The predicted octanol–water partition coefficient (Wildman–Crippen LogP) is 2.71. The molecular weight excluding hydrogens is 238 g/mol. The molecule has 0 saturated carbocycles. The van der Waals surface area contributed by atoms with E-state index in [0.717, 1.165) is 23.0 Å². The lowest BCUT2D eigenvalue weighted by molar-refractivity contribution is 1.05. The number of hydrogen-bond acceptors (Lipinski definition) is 5. The topological polar surface area (TPSA) is 75.9 Å². The molecule has 0 aliphatic heterocycles. The Hall–Kier alpha value is -2.56. The number of nitrogen functional groups attached to an aromatic ring is 1. The number of nitrogens with zero attached hydrogens (tertiary/aromatic N) is 2. The van der Waals surface area contributed by atoms with Crippen LogP contribution in [0.15, 0.2) is 43.0 Å². The number of nitrogens with two attached hydrogens (primary N) is 1. The Morgan fingerprint density at radius 2 is 1.89 bits per heavy atom. The summed E-state index contributed by atoms with van der Waals surface area (Å²) in [5, 5.41) is 6.36. The molecule has 2 rings (SSSR count). The van der Waals surface area contributed by atoms with Gasteiger partial charge in [0.1, 0.15) is 17.5 Å². The van der Waals surface area contributed by atoms with Crippen molar-refractivity contribution < 1.29 is 0 Å². The van der Waals surface area contributed by atoms with Crippen LogP contribution in [0.2, 0.25) is 0 Å². The second kappa shape index (κ2) is 5.86. The summed E-state index contributed by atoms with van der Waals surface area (Å²) < 4.78 is 0. The summed E-state index contributed by atoms with van der Waals surface area (Å²) in [6, 6.07) is 9.35. The number of anilines is 4. The molecule has 5 heteroatoms. The van der Waals surface area contributed by atoms with Gasteiger partial charge in [-0.05, 0) is 31.2 Å². The number of aromatic nitrogens is 2. The van der Waals surface area contributed by atoms with Crippen molar-refractivity contribution in [2.45, 2.75) is 6.92 Å². The summed E-state index contributed by atoms with van der Waals surface area (Å²) in [7, 11) is 0. The monoisotopic (exact) mass is 255 g/mol. The zero-order chi connectivity index (χ0) is 13.7. The van der Waals surface area contributed by atoms with E-state index in [1.54, 1.807) is 6.08 Å². The first-order chi connectivity index (χ1) is 9.17. The lowest BCUT2D eigenvalue weighted by atomic mass is 10.3. The van der Waals surface area contributed by atoms with Gasteiger partial charge >= 0.3 is 0 Å². The molecule has 4 N–H and O–H groups in total. The van der Waals surface area contributed by atoms with Crippen LogP contribution in [0.3, 0.4) is 0 Å². The fourth-order valence-corrected chi connectivity index (χ4v) is 1.61. The fraction of sp³-hybridized carbons (Fsp3) is 0.143. The molecule has 0 spiro atoms. The zero-order valence-electron chi connectivity index (χ0n) is 10.9. The summed E-state index contributed by atoms with van der Waals surface area (Å²) in [5.74, 6) is 2.21. The van der Waals surface area contributed by atoms with Crippen molar-refractivity contribution in [1.82, 2.24) is 9.97 Å². The van der Waals surface area contributed by atoms with Crippen molar-refractivity contribution in [1.29, 1.82) is 0 Å². The Kier molecular flexibility index (Phi) is 3.97.